The van der Waals surface area contributed by atoms with E-state index in [1.807, 2.05) is 26.8 Å². The van der Waals surface area contributed by atoms with E-state index in [1.54, 1.807) is 6.92 Å². The molecule has 0 aliphatic rings. The van der Waals surface area contributed by atoms with Crippen LogP contribution in [-0.2, 0) is 11.3 Å². The summed E-state index contributed by atoms with van der Waals surface area (Å²) >= 11 is 1.37. The Balaban J connectivity index is 0.00000512. The number of halogens is 1. The average molecular weight is 574 g/mol. The summed E-state index contributed by atoms with van der Waals surface area (Å²) in [6.07, 6.45) is 0.970. The molecule has 0 aliphatic carbocycles. The molecule has 1 aromatic heterocycles. The van der Waals surface area contributed by atoms with Crippen LogP contribution in [0.4, 0.5) is 0 Å². The van der Waals surface area contributed by atoms with Crippen LogP contribution in [0.1, 0.15) is 59.2 Å². The summed E-state index contributed by atoms with van der Waals surface area (Å²) in [5, 5.41) is 7.52. The van der Waals surface area contributed by atoms with Crippen LogP contribution >= 0.6 is 35.3 Å². The van der Waals surface area contributed by atoms with E-state index in [1.165, 1.54) is 16.9 Å². The van der Waals surface area contributed by atoms with Gasteiger partial charge in [0, 0.05) is 19.6 Å². The molecule has 0 fully saturated rings. The van der Waals surface area contributed by atoms with Crippen LogP contribution in [0.3, 0.4) is 0 Å². The molecule has 7 nitrogen and oxygen atoms in total. The van der Waals surface area contributed by atoms with Crippen LogP contribution in [0.5, 0.6) is 0 Å². The van der Waals surface area contributed by atoms with Crippen LogP contribution in [-0.4, -0.2) is 55.1 Å². The van der Waals surface area contributed by atoms with Gasteiger partial charge < -0.3 is 20.3 Å². The molecule has 1 heterocycles. The van der Waals surface area contributed by atoms with E-state index >= 15 is 0 Å². The number of carbonyl (C=O) groups is 1. The van der Waals surface area contributed by atoms with Crippen molar-refractivity contribution in [2.75, 3.05) is 33.3 Å². The maximum absolute atomic E-state index is 12.1. The monoisotopic (exact) mass is 573 g/mol. The predicted octanol–water partition coefficient (Wildman–Crippen LogP) is 4.38. The lowest BCUT2D eigenvalue weighted by atomic mass is 10.2. The van der Waals surface area contributed by atoms with Gasteiger partial charge in [-0.15, -0.1) is 35.3 Å². The molecule has 2 rings (SSSR count). The minimum absolute atomic E-state index is 0. The fraction of sp³-hybridized carbons (Fsp3) is 0.522. The Morgan fingerprint density at radius 2 is 2.00 bits per heavy atom. The Morgan fingerprint density at radius 3 is 2.66 bits per heavy atom. The fourth-order valence-electron chi connectivity index (χ4n) is 3.08. The number of benzene rings is 1. The first kappa shape index (κ1) is 28.3. The van der Waals surface area contributed by atoms with Crippen molar-refractivity contribution in [1.29, 1.82) is 0 Å². The van der Waals surface area contributed by atoms with Gasteiger partial charge in [-0.2, -0.15) is 0 Å². The fourth-order valence-corrected chi connectivity index (χ4v) is 4.04. The molecule has 1 unspecified atom stereocenters. The molecular formula is C23H36IN5O2S. The van der Waals surface area contributed by atoms with Gasteiger partial charge in [-0.25, -0.2) is 9.78 Å². The largest absolute Gasteiger partial charge is 0.462 e. The lowest BCUT2D eigenvalue weighted by Gasteiger charge is -2.17. The van der Waals surface area contributed by atoms with Gasteiger partial charge in [0.15, 0.2) is 5.96 Å². The topological polar surface area (TPSA) is 78.9 Å². The molecule has 32 heavy (non-hydrogen) atoms. The number of thiazole rings is 1. The third-order valence-corrected chi connectivity index (χ3v) is 5.93. The van der Waals surface area contributed by atoms with Gasteiger partial charge in [0.05, 0.1) is 18.3 Å². The smallest absolute Gasteiger partial charge is 0.350 e. The average Bonchev–Trinajstić information content (AvgIpc) is 3.14. The van der Waals surface area contributed by atoms with Crippen LogP contribution in [0.15, 0.2) is 35.3 Å². The van der Waals surface area contributed by atoms with Gasteiger partial charge in [-0.3, -0.25) is 4.99 Å². The normalized spacial score (nSPS) is 12.2. The second kappa shape index (κ2) is 15.2. The molecule has 9 heteroatoms. The summed E-state index contributed by atoms with van der Waals surface area (Å²) in [5.74, 6) is 0.447. The molecule has 0 amide bonds. The zero-order valence-corrected chi connectivity index (χ0v) is 22.8. The molecule has 2 N–H and O–H groups in total. The number of esters is 1. The van der Waals surface area contributed by atoms with Crippen molar-refractivity contribution >= 4 is 47.2 Å². The summed E-state index contributed by atoms with van der Waals surface area (Å²) in [6.45, 7) is 11.5. The Hall–Kier alpha value is -1.72. The molecule has 0 saturated heterocycles. The number of hydrogen-bond donors (Lipinski definition) is 2. The highest BCUT2D eigenvalue weighted by atomic mass is 127. The van der Waals surface area contributed by atoms with Crippen molar-refractivity contribution in [1.82, 2.24) is 20.5 Å². The number of aromatic nitrogens is 1. The number of nitrogens with zero attached hydrogens (tertiary/aromatic N) is 3. The molecule has 1 atom stereocenters. The number of hydrogen-bond acceptors (Lipinski definition) is 6. The molecule has 1 aromatic carbocycles. The highest BCUT2D eigenvalue weighted by Gasteiger charge is 2.20. The summed E-state index contributed by atoms with van der Waals surface area (Å²) in [7, 11) is 2.13. The van der Waals surface area contributed by atoms with E-state index in [4.69, 9.17) is 9.73 Å². The van der Waals surface area contributed by atoms with Crippen molar-refractivity contribution in [3.05, 3.63) is 51.5 Å². The first-order valence-electron chi connectivity index (χ1n) is 10.9. The Bertz CT molecular complexity index is 844. The van der Waals surface area contributed by atoms with Crippen LogP contribution in [0.25, 0.3) is 0 Å². The molecule has 0 bridgehead atoms. The summed E-state index contributed by atoms with van der Waals surface area (Å²) < 4.78 is 5.11. The zero-order chi connectivity index (χ0) is 22.6. The Morgan fingerprint density at radius 1 is 1.28 bits per heavy atom. The summed E-state index contributed by atoms with van der Waals surface area (Å²) in [5.41, 5.74) is 2.02. The van der Waals surface area contributed by atoms with Gasteiger partial charge >= 0.3 is 5.97 Å². The standard InChI is InChI=1S/C23H35N5O2S.HI/c1-6-24-23(25-14-11-15-28(5)16-19-12-9-8-10-13-19)27-18(4)21-26-17(3)20(31-21)22(29)30-7-2;/h8-10,12-13,18H,6-7,11,14-16H2,1-5H3,(H2,24,25,27);1H. The highest BCUT2D eigenvalue weighted by molar-refractivity contribution is 14.0. The maximum Gasteiger partial charge on any atom is 0.350 e. The highest BCUT2D eigenvalue weighted by Crippen LogP contribution is 2.24. The minimum Gasteiger partial charge on any atom is -0.462 e. The number of guanidine groups is 1. The van der Waals surface area contributed by atoms with E-state index < -0.39 is 0 Å². The number of ether oxygens (including phenoxy) is 1. The molecule has 0 radical (unpaired) electrons. The number of nitrogens with one attached hydrogen (secondary N) is 2. The number of aryl methyl sites for hydroxylation is 1. The van der Waals surface area contributed by atoms with Crippen molar-refractivity contribution in [2.45, 2.75) is 46.7 Å². The minimum atomic E-state index is -0.309. The number of rotatable bonds is 11. The SMILES string of the molecule is CCNC(=NCCCN(C)Cc1ccccc1)NC(C)c1nc(C)c(C(=O)OCC)s1.I. The molecule has 0 spiro atoms. The van der Waals surface area contributed by atoms with Crippen LogP contribution in [0, 0.1) is 6.92 Å². The first-order valence-corrected chi connectivity index (χ1v) is 11.7. The number of aliphatic imine (C=N–C) groups is 1. The molecule has 0 aliphatic heterocycles. The second-order valence-corrected chi connectivity index (χ2v) is 8.42. The van der Waals surface area contributed by atoms with Gasteiger partial charge in [0.25, 0.3) is 0 Å². The third kappa shape index (κ3) is 9.41. The predicted molar refractivity (Wildman–Crippen MR) is 143 cm³/mol. The molecular weight excluding hydrogens is 537 g/mol. The van der Waals surface area contributed by atoms with Crippen LogP contribution < -0.4 is 10.6 Å². The third-order valence-electron chi connectivity index (χ3n) is 4.61. The van der Waals surface area contributed by atoms with E-state index in [-0.39, 0.29) is 36.0 Å². The lowest BCUT2D eigenvalue weighted by Crippen LogP contribution is -2.38. The van der Waals surface area contributed by atoms with E-state index in [2.05, 4.69) is 51.8 Å². The van der Waals surface area contributed by atoms with Crippen LogP contribution in [0.2, 0.25) is 0 Å². The van der Waals surface area contributed by atoms with Gasteiger partial charge in [-0.1, -0.05) is 30.3 Å². The summed E-state index contributed by atoms with van der Waals surface area (Å²) in [6, 6.07) is 10.4. The lowest BCUT2D eigenvalue weighted by molar-refractivity contribution is 0.0531. The number of carbonyl (C=O) groups excluding carboxylic acids is 1. The summed E-state index contributed by atoms with van der Waals surface area (Å²) in [4.78, 5) is 24.2. The zero-order valence-electron chi connectivity index (χ0n) is 19.7. The van der Waals surface area contributed by atoms with Gasteiger partial charge in [0.1, 0.15) is 9.88 Å². The van der Waals surface area contributed by atoms with Gasteiger partial charge in [-0.05, 0) is 53.3 Å². The quantitative estimate of drug-likeness (QED) is 0.137. The van der Waals surface area contributed by atoms with Crippen molar-refractivity contribution in [3.63, 3.8) is 0 Å². The molecule has 2 aromatic rings. The van der Waals surface area contributed by atoms with Crippen molar-refractivity contribution in [3.8, 4) is 0 Å². The van der Waals surface area contributed by atoms with Crippen molar-refractivity contribution in [2.24, 2.45) is 4.99 Å². The Labute approximate surface area is 213 Å². The van der Waals surface area contributed by atoms with E-state index in [0.717, 1.165) is 43.6 Å². The molecule has 0 saturated carbocycles. The van der Waals surface area contributed by atoms with E-state index in [9.17, 15) is 4.79 Å². The second-order valence-electron chi connectivity index (χ2n) is 7.39. The van der Waals surface area contributed by atoms with Crippen molar-refractivity contribution < 1.29 is 9.53 Å². The first-order chi connectivity index (χ1) is 14.9. The molecule has 178 valence electrons. The van der Waals surface area contributed by atoms with Gasteiger partial charge in [0.2, 0.25) is 0 Å². The Kier molecular flexibility index (Phi) is 13.4. The van der Waals surface area contributed by atoms with E-state index in [0.29, 0.717) is 17.2 Å². The maximum atomic E-state index is 12.1.